The number of fused-ring (bicyclic) bond motifs is 1. The first-order valence-corrected chi connectivity index (χ1v) is 7.54. The summed E-state index contributed by atoms with van der Waals surface area (Å²) >= 11 is 0. The number of amides is 1. The predicted octanol–water partition coefficient (Wildman–Crippen LogP) is 2.17. The molecular weight excluding hydrogens is 264 g/mol. The van der Waals surface area contributed by atoms with Crippen molar-refractivity contribution in [2.45, 2.75) is 37.8 Å². The largest absolute Gasteiger partial charge is 0.349 e. The highest BCUT2D eigenvalue weighted by Crippen LogP contribution is 2.22. The molecule has 1 aliphatic rings. The van der Waals surface area contributed by atoms with E-state index in [0.717, 1.165) is 36.6 Å². The summed E-state index contributed by atoms with van der Waals surface area (Å²) in [5.74, 6) is 0.0198. The minimum absolute atomic E-state index is 0.0198. The monoisotopic (exact) mass is 286 g/mol. The van der Waals surface area contributed by atoms with Gasteiger partial charge in [-0.25, -0.2) is 0 Å². The molecule has 1 aliphatic carbocycles. The summed E-state index contributed by atoms with van der Waals surface area (Å²) in [6.45, 7) is 0. The number of aromatic nitrogens is 2. The van der Waals surface area contributed by atoms with E-state index in [1.807, 2.05) is 18.2 Å². The van der Waals surface area contributed by atoms with Crippen LogP contribution in [-0.2, 0) is 0 Å². The van der Waals surface area contributed by atoms with Gasteiger partial charge in [-0.2, -0.15) is 5.10 Å². The van der Waals surface area contributed by atoms with Crippen molar-refractivity contribution in [2.24, 2.45) is 0 Å². The van der Waals surface area contributed by atoms with E-state index in [1.165, 1.54) is 0 Å². The molecule has 0 spiro atoms. The van der Waals surface area contributed by atoms with Crippen molar-refractivity contribution in [3.63, 3.8) is 0 Å². The van der Waals surface area contributed by atoms with E-state index in [1.54, 1.807) is 6.20 Å². The van der Waals surface area contributed by atoms with Crippen LogP contribution in [0.1, 0.15) is 36.0 Å². The molecule has 1 aromatic heterocycles. The van der Waals surface area contributed by atoms with Crippen LogP contribution in [0.3, 0.4) is 0 Å². The van der Waals surface area contributed by atoms with Crippen LogP contribution in [-0.4, -0.2) is 47.2 Å². The lowest BCUT2D eigenvalue weighted by Crippen LogP contribution is -2.41. The molecule has 0 bridgehead atoms. The summed E-state index contributed by atoms with van der Waals surface area (Å²) in [6, 6.07) is 6.59. The fourth-order valence-corrected chi connectivity index (χ4v) is 3.09. The maximum atomic E-state index is 12.3. The Bertz CT molecular complexity index is 626. The lowest BCUT2D eigenvalue weighted by Gasteiger charge is -2.32. The number of rotatable bonds is 3. The summed E-state index contributed by atoms with van der Waals surface area (Å²) < 4.78 is 0. The van der Waals surface area contributed by atoms with Gasteiger partial charge < -0.3 is 10.2 Å². The number of H-pyrrole nitrogens is 1. The minimum atomic E-state index is 0.0198. The SMILES string of the molecule is CN(C)C1CCC(NC(=O)c2ccc3[nH]ncc3c2)CC1. The van der Waals surface area contributed by atoms with Gasteiger partial charge in [0, 0.05) is 23.0 Å². The molecule has 0 atom stereocenters. The fourth-order valence-electron chi connectivity index (χ4n) is 3.09. The molecule has 1 amide bonds. The molecule has 1 aromatic carbocycles. The van der Waals surface area contributed by atoms with Crippen molar-refractivity contribution >= 4 is 16.8 Å². The Labute approximate surface area is 124 Å². The van der Waals surface area contributed by atoms with Crippen LogP contribution in [0.4, 0.5) is 0 Å². The normalized spacial score (nSPS) is 22.6. The van der Waals surface area contributed by atoms with Gasteiger partial charge >= 0.3 is 0 Å². The van der Waals surface area contributed by atoms with Gasteiger partial charge in [-0.15, -0.1) is 0 Å². The van der Waals surface area contributed by atoms with Crippen LogP contribution >= 0.6 is 0 Å². The molecule has 3 rings (SSSR count). The average Bonchev–Trinajstić information content (AvgIpc) is 2.95. The zero-order valence-electron chi connectivity index (χ0n) is 12.6. The lowest BCUT2D eigenvalue weighted by atomic mass is 9.90. The number of nitrogens with one attached hydrogen (secondary N) is 2. The number of hydrogen-bond acceptors (Lipinski definition) is 3. The van der Waals surface area contributed by atoms with Crippen LogP contribution in [0.5, 0.6) is 0 Å². The van der Waals surface area contributed by atoms with Crippen molar-refractivity contribution in [1.29, 1.82) is 0 Å². The Hall–Kier alpha value is -1.88. The minimum Gasteiger partial charge on any atom is -0.349 e. The zero-order valence-corrected chi connectivity index (χ0v) is 12.6. The molecular formula is C16H22N4O. The molecule has 0 radical (unpaired) electrons. The second-order valence-electron chi connectivity index (χ2n) is 6.11. The fraction of sp³-hybridized carbons (Fsp3) is 0.500. The van der Waals surface area contributed by atoms with E-state index in [-0.39, 0.29) is 5.91 Å². The summed E-state index contributed by atoms with van der Waals surface area (Å²) in [5, 5.41) is 11.0. The van der Waals surface area contributed by atoms with Crippen LogP contribution in [0.25, 0.3) is 10.9 Å². The molecule has 0 aliphatic heterocycles. The van der Waals surface area contributed by atoms with E-state index in [0.29, 0.717) is 17.6 Å². The average molecular weight is 286 g/mol. The Balaban J connectivity index is 1.61. The molecule has 1 fully saturated rings. The highest BCUT2D eigenvalue weighted by atomic mass is 16.1. The van der Waals surface area contributed by atoms with Gasteiger partial charge in [-0.1, -0.05) is 0 Å². The van der Waals surface area contributed by atoms with Crippen LogP contribution in [0.15, 0.2) is 24.4 Å². The number of nitrogens with zero attached hydrogens (tertiary/aromatic N) is 2. The van der Waals surface area contributed by atoms with Crippen LogP contribution in [0, 0.1) is 0 Å². The smallest absolute Gasteiger partial charge is 0.251 e. The van der Waals surface area contributed by atoms with Gasteiger partial charge in [0.2, 0.25) is 0 Å². The number of carbonyl (C=O) groups is 1. The molecule has 0 saturated heterocycles. The molecule has 2 aromatic rings. The van der Waals surface area contributed by atoms with E-state index >= 15 is 0 Å². The summed E-state index contributed by atoms with van der Waals surface area (Å²) in [7, 11) is 4.26. The zero-order chi connectivity index (χ0) is 14.8. The quantitative estimate of drug-likeness (QED) is 0.909. The summed E-state index contributed by atoms with van der Waals surface area (Å²) in [6.07, 6.45) is 6.16. The van der Waals surface area contributed by atoms with Gasteiger partial charge in [0.1, 0.15) is 0 Å². The Morgan fingerprint density at radius 2 is 2.05 bits per heavy atom. The van der Waals surface area contributed by atoms with E-state index < -0.39 is 0 Å². The maximum Gasteiger partial charge on any atom is 0.251 e. The van der Waals surface area contributed by atoms with Crippen molar-refractivity contribution in [1.82, 2.24) is 20.4 Å². The molecule has 112 valence electrons. The van der Waals surface area contributed by atoms with Gasteiger partial charge in [0.25, 0.3) is 5.91 Å². The highest BCUT2D eigenvalue weighted by molar-refractivity contribution is 5.97. The van der Waals surface area contributed by atoms with Crippen molar-refractivity contribution in [3.8, 4) is 0 Å². The molecule has 5 nitrogen and oxygen atoms in total. The third kappa shape index (κ3) is 3.08. The number of aromatic amines is 1. The number of carbonyl (C=O) groups excluding carboxylic acids is 1. The summed E-state index contributed by atoms with van der Waals surface area (Å²) in [4.78, 5) is 14.6. The van der Waals surface area contributed by atoms with Gasteiger partial charge in [-0.3, -0.25) is 9.89 Å². The van der Waals surface area contributed by atoms with Crippen molar-refractivity contribution in [2.75, 3.05) is 14.1 Å². The summed E-state index contributed by atoms with van der Waals surface area (Å²) in [5.41, 5.74) is 1.66. The Morgan fingerprint density at radius 3 is 2.76 bits per heavy atom. The first kappa shape index (κ1) is 14.1. The van der Waals surface area contributed by atoms with E-state index in [9.17, 15) is 4.79 Å². The second kappa shape index (κ2) is 5.85. The predicted molar refractivity (Wildman–Crippen MR) is 83.3 cm³/mol. The van der Waals surface area contributed by atoms with Crippen molar-refractivity contribution < 1.29 is 4.79 Å². The molecule has 0 unspecified atom stereocenters. The Morgan fingerprint density at radius 1 is 1.29 bits per heavy atom. The van der Waals surface area contributed by atoms with Gasteiger partial charge in [-0.05, 0) is 58.0 Å². The maximum absolute atomic E-state index is 12.3. The number of hydrogen-bond donors (Lipinski definition) is 2. The third-order valence-corrected chi connectivity index (χ3v) is 4.46. The van der Waals surface area contributed by atoms with Gasteiger partial charge in [0.15, 0.2) is 0 Å². The second-order valence-corrected chi connectivity index (χ2v) is 6.11. The van der Waals surface area contributed by atoms with Crippen LogP contribution < -0.4 is 5.32 Å². The van der Waals surface area contributed by atoms with Crippen LogP contribution in [0.2, 0.25) is 0 Å². The molecule has 5 heteroatoms. The Kier molecular flexibility index (Phi) is 3.92. The first-order valence-electron chi connectivity index (χ1n) is 7.54. The standard InChI is InChI=1S/C16H22N4O/c1-20(2)14-6-4-13(5-7-14)18-16(21)11-3-8-15-12(9-11)10-17-19-15/h3,8-10,13-14H,4-7H2,1-2H3,(H,17,19)(H,18,21). The molecule has 1 saturated carbocycles. The topological polar surface area (TPSA) is 61.0 Å². The molecule has 21 heavy (non-hydrogen) atoms. The highest BCUT2D eigenvalue weighted by Gasteiger charge is 2.23. The third-order valence-electron chi connectivity index (χ3n) is 4.46. The lowest BCUT2D eigenvalue weighted by molar-refractivity contribution is 0.0916. The van der Waals surface area contributed by atoms with E-state index in [2.05, 4.69) is 34.5 Å². The van der Waals surface area contributed by atoms with Crippen molar-refractivity contribution in [3.05, 3.63) is 30.0 Å². The number of benzene rings is 1. The van der Waals surface area contributed by atoms with E-state index in [4.69, 9.17) is 0 Å². The first-order chi connectivity index (χ1) is 10.1. The van der Waals surface area contributed by atoms with Gasteiger partial charge in [0.05, 0.1) is 11.7 Å². The molecule has 1 heterocycles. The molecule has 2 N–H and O–H groups in total.